The molecular formula is C26H13N6P. The van der Waals surface area contributed by atoms with Crippen molar-refractivity contribution in [3.63, 3.8) is 0 Å². The van der Waals surface area contributed by atoms with Gasteiger partial charge in [0, 0.05) is 10.6 Å². The molecule has 0 spiro atoms. The second kappa shape index (κ2) is 9.45. The molecule has 33 heavy (non-hydrogen) atoms. The average molecular weight is 440 g/mol. The molecule has 0 unspecified atom stereocenters. The Morgan fingerprint density at radius 2 is 0.970 bits per heavy atom. The van der Waals surface area contributed by atoms with Crippen molar-refractivity contribution in [3.05, 3.63) is 87.0 Å². The van der Waals surface area contributed by atoms with Crippen molar-refractivity contribution in [1.29, 1.82) is 31.6 Å². The van der Waals surface area contributed by atoms with E-state index in [0.717, 1.165) is 16.4 Å². The van der Waals surface area contributed by atoms with Gasteiger partial charge in [-0.25, -0.2) is 0 Å². The standard InChI is InChI=1S/C26H13N6P/c1-16-4-3-5-24(17(16)2)33(25-8-6-18(10-27)20(12-29)22(25)14-31)26-9-7-19(11-28)21(13-30)23(26)15-32/h3-9H,1-2H3. The largest absolute Gasteiger partial charge is 0.192 e. The molecule has 0 fully saturated rings. The Labute approximate surface area is 192 Å². The first-order valence-electron chi connectivity index (χ1n) is 9.58. The van der Waals surface area contributed by atoms with E-state index in [9.17, 15) is 31.6 Å². The second-order valence-corrected chi connectivity index (χ2v) is 9.11. The highest BCUT2D eigenvalue weighted by Gasteiger charge is 2.28. The van der Waals surface area contributed by atoms with Gasteiger partial charge >= 0.3 is 0 Å². The minimum absolute atomic E-state index is 0.0250. The van der Waals surface area contributed by atoms with E-state index in [4.69, 9.17) is 0 Å². The van der Waals surface area contributed by atoms with Crippen molar-refractivity contribution in [2.75, 3.05) is 0 Å². The SMILES string of the molecule is Cc1cccc(P(c2ccc(C#N)c(C#N)c2C#N)c2ccc(C#N)c(C#N)c2C#N)c1C. The topological polar surface area (TPSA) is 143 Å². The fraction of sp³-hybridized carbons (Fsp3) is 0.0769. The maximum absolute atomic E-state index is 9.97. The zero-order valence-electron chi connectivity index (χ0n) is 17.7. The van der Waals surface area contributed by atoms with Crippen molar-refractivity contribution in [3.8, 4) is 36.4 Å². The van der Waals surface area contributed by atoms with Gasteiger partial charge in [-0.3, -0.25) is 0 Å². The Kier molecular flexibility index (Phi) is 6.50. The smallest absolute Gasteiger partial charge is 0.102 e. The molecule has 3 aromatic rings. The number of nitriles is 6. The molecule has 0 amide bonds. The van der Waals surface area contributed by atoms with Gasteiger partial charge in [-0.15, -0.1) is 0 Å². The molecule has 0 bridgehead atoms. The van der Waals surface area contributed by atoms with Gasteiger partial charge in [0.2, 0.25) is 0 Å². The second-order valence-electron chi connectivity index (χ2n) is 6.99. The Balaban J connectivity index is 2.55. The molecule has 0 aromatic heterocycles. The van der Waals surface area contributed by atoms with E-state index in [-0.39, 0.29) is 33.4 Å². The Morgan fingerprint density at radius 3 is 1.36 bits per heavy atom. The summed E-state index contributed by atoms with van der Waals surface area (Å²) in [6.07, 6.45) is 0. The maximum Gasteiger partial charge on any atom is 0.102 e. The summed E-state index contributed by atoms with van der Waals surface area (Å²) in [6, 6.07) is 23.9. The molecule has 0 heterocycles. The van der Waals surface area contributed by atoms with Crippen molar-refractivity contribution in [1.82, 2.24) is 0 Å². The van der Waals surface area contributed by atoms with Crippen LogP contribution in [-0.4, -0.2) is 0 Å². The minimum Gasteiger partial charge on any atom is -0.192 e. The van der Waals surface area contributed by atoms with E-state index >= 15 is 0 Å². The molecule has 0 aliphatic heterocycles. The molecule has 0 N–H and O–H groups in total. The van der Waals surface area contributed by atoms with Crippen LogP contribution in [0, 0.1) is 81.8 Å². The highest BCUT2D eigenvalue weighted by Crippen LogP contribution is 2.39. The van der Waals surface area contributed by atoms with Gasteiger partial charge in [-0.05, 0) is 50.3 Å². The zero-order valence-corrected chi connectivity index (χ0v) is 18.6. The summed E-state index contributed by atoms with van der Waals surface area (Å²) in [5.74, 6) is 0. The highest BCUT2D eigenvalue weighted by molar-refractivity contribution is 7.80. The van der Waals surface area contributed by atoms with Crippen molar-refractivity contribution < 1.29 is 0 Å². The molecule has 7 heteroatoms. The molecule has 152 valence electrons. The number of nitrogens with zero attached hydrogens (tertiary/aromatic N) is 6. The summed E-state index contributed by atoms with van der Waals surface area (Å²) in [7, 11) is -1.58. The van der Waals surface area contributed by atoms with Crippen LogP contribution in [-0.2, 0) is 0 Å². The number of rotatable bonds is 3. The molecule has 0 saturated carbocycles. The summed E-state index contributed by atoms with van der Waals surface area (Å²) in [5.41, 5.74) is 2.21. The van der Waals surface area contributed by atoms with Crippen LogP contribution in [0.3, 0.4) is 0 Å². The van der Waals surface area contributed by atoms with Crippen LogP contribution < -0.4 is 15.9 Å². The van der Waals surface area contributed by atoms with Crippen LogP contribution in [0.15, 0.2) is 42.5 Å². The molecule has 0 radical (unpaired) electrons. The number of hydrogen-bond donors (Lipinski definition) is 0. The normalized spacial score (nSPS) is 9.61. The fourth-order valence-corrected chi connectivity index (χ4v) is 6.31. The fourth-order valence-electron chi connectivity index (χ4n) is 3.57. The van der Waals surface area contributed by atoms with Crippen LogP contribution in [0.25, 0.3) is 0 Å². The number of aryl methyl sites for hydroxylation is 1. The van der Waals surface area contributed by atoms with Gasteiger partial charge in [-0.2, -0.15) is 31.6 Å². The lowest BCUT2D eigenvalue weighted by atomic mass is 10.0. The van der Waals surface area contributed by atoms with Crippen LogP contribution in [0.2, 0.25) is 0 Å². The van der Waals surface area contributed by atoms with E-state index < -0.39 is 7.92 Å². The molecule has 6 nitrogen and oxygen atoms in total. The van der Waals surface area contributed by atoms with Gasteiger partial charge in [0.05, 0.1) is 33.4 Å². The van der Waals surface area contributed by atoms with E-state index in [1.165, 1.54) is 12.1 Å². The number of benzene rings is 3. The van der Waals surface area contributed by atoms with Gasteiger partial charge in [0.25, 0.3) is 0 Å². The van der Waals surface area contributed by atoms with E-state index in [1.54, 1.807) is 12.1 Å². The van der Waals surface area contributed by atoms with Crippen LogP contribution in [0.5, 0.6) is 0 Å². The Hall–Kier alpha value is -4.97. The Morgan fingerprint density at radius 1 is 0.515 bits per heavy atom. The van der Waals surface area contributed by atoms with E-state index in [0.29, 0.717) is 10.6 Å². The summed E-state index contributed by atoms with van der Waals surface area (Å²) >= 11 is 0. The molecule has 3 rings (SSSR count). The van der Waals surface area contributed by atoms with E-state index in [2.05, 4.69) is 12.1 Å². The third-order valence-corrected chi connectivity index (χ3v) is 8.03. The predicted octanol–water partition coefficient (Wildman–Crippen LogP) is 3.29. The van der Waals surface area contributed by atoms with Crippen molar-refractivity contribution in [2.45, 2.75) is 13.8 Å². The van der Waals surface area contributed by atoms with Gasteiger partial charge in [0.1, 0.15) is 36.4 Å². The highest BCUT2D eigenvalue weighted by atomic mass is 31.1. The lowest BCUT2D eigenvalue weighted by Gasteiger charge is -2.25. The first-order valence-corrected chi connectivity index (χ1v) is 10.9. The minimum atomic E-state index is -1.58. The molecule has 0 aliphatic carbocycles. The quantitative estimate of drug-likeness (QED) is 0.572. The van der Waals surface area contributed by atoms with Crippen molar-refractivity contribution >= 4 is 23.8 Å². The van der Waals surface area contributed by atoms with Gasteiger partial charge in [0.15, 0.2) is 0 Å². The molecule has 0 saturated heterocycles. The number of hydrogen-bond acceptors (Lipinski definition) is 6. The Bertz CT molecular complexity index is 1470. The molecular weight excluding hydrogens is 427 g/mol. The third-order valence-electron chi connectivity index (χ3n) is 5.35. The zero-order chi connectivity index (χ0) is 24.1. The third kappa shape index (κ3) is 3.77. The van der Waals surface area contributed by atoms with Crippen LogP contribution in [0.1, 0.15) is 44.5 Å². The first-order chi connectivity index (χ1) is 16.0. The summed E-state index contributed by atoms with van der Waals surface area (Å²) in [5, 5.41) is 60.0. The maximum atomic E-state index is 9.97. The van der Waals surface area contributed by atoms with Gasteiger partial charge in [-0.1, -0.05) is 30.3 Å². The van der Waals surface area contributed by atoms with Crippen molar-refractivity contribution in [2.24, 2.45) is 0 Å². The molecule has 0 aliphatic rings. The van der Waals surface area contributed by atoms with Crippen LogP contribution in [0.4, 0.5) is 0 Å². The lowest BCUT2D eigenvalue weighted by Crippen LogP contribution is -2.28. The molecule has 0 atom stereocenters. The average Bonchev–Trinajstić information content (AvgIpc) is 2.85. The van der Waals surface area contributed by atoms with Crippen LogP contribution >= 0.6 is 7.92 Å². The van der Waals surface area contributed by atoms with Gasteiger partial charge < -0.3 is 0 Å². The van der Waals surface area contributed by atoms with E-state index in [1.807, 2.05) is 56.3 Å². The summed E-state index contributed by atoms with van der Waals surface area (Å²) < 4.78 is 0. The predicted molar refractivity (Wildman–Crippen MR) is 123 cm³/mol. The molecule has 3 aromatic carbocycles. The first kappa shape index (κ1) is 22.7. The lowest BCUT2D eigenvalue weighted by molar-refractivity contribution is 1.37. The summed E-state index contributed by atoms with van der Waals surface area (Å²) in [6.45, 7) is 3.88. The monoisotopic (exact) mass is 440 g/mol. The summed E-state index contributed by atoms with van der Waals surface area (Å²) in [4.78, 5) is 0.